The molecular formula is C29H32F4N8O5. The molecule has 0 amide bonds. The number of fused-ring (bicyclic) bond motifs is 1. The van der Waals surface area contributed by atoms with E-state index in [-0.39, 0.29) is 30.8 Å². The summed E-state index contributed by atoms with van der Waals surface area (Å²) in [6, 6.07) is 5.04. The molecular weight excluding hydrogens is 616 g/mol. The molecule has 6 atom stereocenters. The minimum absolute atomic E-state index is 0.0942. The highest BCUT2D eigenvalue weighted by atomic mass is 19.3. The number of benzene rings is 1. The van der Waals surface area contributed by atoms with Gasteiger partial charge in [-0.25, -0.2) is 32.5 Å². The van der Waals surface area contributed by atoms with Crippen LogP contribution < -0.4 is 16.0 Å². The number of ether oxygens (including phenoxy) is 1. The van der Waals surface area contributed by atoms with Crippen molar-refractivity contribution in [3.63, 3.8) is 0 Å². The van der Waals surface area contributed by atoms with Crippen molar-refractivity contribution in [1.29, 1.82) is 0 Å². The number of aromatic nitrogens is 5. The summed E-state index contributed by atoms with van der Waals surface area (Å²) in [5, 5.41) is 43.0. The number of hydrogen-bond donors (Lipinski definition) is 6. The van der Waals surface area contributed by atoms with Gasteiger partial charge in [-0.05, 0) is 42.7 Å². The van der Waals surface area contributed by atoms with Crippen molar-refractivity contribution in [3.05, 3.63) is 60.3 Å². The first kappa shape index (κ1) is 32.0. The summed E-state index contributed by atoms with van der Waals surface area (Å²) in [6.45, 7) is -0.0717. The van der Waals surface area contributed by atoms with Gasteiger partial charge in [0.2, 0.25) is 0 Å². The molecule has 2 saturated heterocycles. The third-order valence-electron chi connectivity index (χ3n) is 8.47. The second-order valence-corrected chi connectivity index (χ2v) is 11.5. The van der Waals surface area contributed by atoms with Crippen LogP contribution in [0.15, 0.2) is 43.1 Å². The average molecular weight is 649 g/mol. The Hall–Kier alpha value is -4.00. The Morgan fingerprint density at radius 1 is 1.09 bits per heavy atom. The number of aliphatic hydroxyl groups excluding tert-OH is 4. The highest BCUT2D eigenvalue weighted by Crippen LogP contribution is 2.34. The van der Waals surface area contributed by atoms with Gasteiger partial charge in [0, 0.05) is 18.7 Å². The van der Waals surface area contributed by atoms with Gasteiger partial charge in [-0.2, -0.15) is 0 Å². The molecule has 3 aromatic heterocycles. The van der Waals surface area contributed by atoms with Gasteiger partial charge in [-0.15, -0.1) is 0 Å². The second kappa shape index (κ2) is 12.7. The molecule has 7 N–H and O–H groups in total. The van der Waals surface area contributed by atoms with Crippen molar-refractivity contribution in [2.45, 2.75) is 62.0 Å². The number of nitrogens with two attached hydrogens (primary N) is 1. The van der Waals surface area contributed by atoms with E-state index in [1.165, 1.54) is 24.9 Å². The molecule has 2 aliphatic heterocycles. The van der Waals surface area contributed by atoms with Crippen LogP contribution in [0.1, 0.15) is 18.4 Å². The van der Waals surface area contributed by atoms with Crippen molar-refractivity contribution >= 4 is 22.7 Å². The van der Waals surface area contributed by atoms with Gasteiger partial charge in [0.05, 0.1) is 42.6 Å². The summed E-state index contributed by atoms with van der Waals surface area (Å²) in [5.41, 5.74) is 7.06. The number of piperidine rings is 1. The smallest absolute Gasteiger partial charge is 0.265 e. The van der Waals surface area contributed by atoms with Crippen LogP contribution in [0.3, 0.4) is 0 Å². The van der Waals surface area contributed by atoms with Crippen molar-refractivity contribution in [1.82, 2.24) is 24.5 Å². The Morgan fingerprint density at radius 2 is 1.89 bits per heavy atom. The van der Waals surface area contributed by atoms with E-state index in [1.54, 1.807) is 15.5 Å². The molecule has 0 radical (unpaired) electrons. The van der Waals surface area contributed by atoms with E-state index in [1.807, 2.05) is 0 Å². The zero-order valence-corrected chi connectivity index (χ0v) is 24.2. The Balaban J connectivity index is 1.36. The SMILES string of the molecule is N[C@]1([C@H](O)C(F)F)CCCN(c2cnc(-c3ccc(F)c(F)c3)cc2Cn2cnc3c(NC4OC(CO)C(O)C4O)ncnc32)C1. The maximum absolute atomic E-state index is 14.1. The molecule has 13 nitrogen and oxygen atoms in total. The fourth-order valence-electron chi connectivity index (χ4n) is 5.96. The number of hydrogen-bond acceptors (Lipinski definition) is 12. The fraction of sp³-hybridized carbons (Fsp3) is 0.448. The molecule has 0 aliphatic carbocycles. The number of anilines is 2. The lowest BCUT2D eigenvalue weighted by atomic mass is 9.84. The Kier molecular flexibility index (Phi) is 8.79. The van der Waals surface area contributed by atoms with Gasteiger partial charge < -0.3 is 45.7 Å². The highest BCUT2D eigenvalue weighted by molar-refractivity contribution is 5.83. The van der Waals surface area contributed by atoms with E-state index in [9.17, 15) is 38.0 Å². The summed E-state index contributed by atoms with van der Waals surface area (Å²) in [4.78, 5) is 19.2. The predicted molar refractivity (Wildman–Crippen MR) is 156 cm³/mol. The Morgan fingerprint density at radius 3 is 2.61 bits per heavy atom. The Labute approximate surface area is 259 Å². The molecule has 17 heteroatoms. The van der Waals surface area contributed by atoms with Crippen LogP contribution in [0.5, 0.6) is 0 Å². The number of nitrogens with one attached hydrogen (secondary N) is 1. The van der Waals surface area contributed by atoms with E-state index in [2.05, 4.69) is 25.3 Å². The molecule has 246 valence electrons. The van der Waals surface area contributed by atoms with Gasteiger partial charge in [0.15, 0.2) is 34.8 Å². The minimum atomic E-state index is -3.04. The van der Waals surface area contributed by atoms with Gasteiger partial charge in [0.25, 0.3) is 6.43 Å². The van der Waals surface area contributed by atoms with E-state index in [4.69, 9.17) is 10.5 Å². The van der Waals surface area contributed by atoms with Crippen molar-refractivity contribution < 1.29 is 42.7 Å². The number of rotatable bonds is 9. The molecule has 4 aromatic rings. The maximum Gasteiger partial charge on any atom is 0.265 e. The number of halogens is 4. The maximum atomic E-state index is 14.1. The summed E-state index contributed by atoms with van der Waals surface area (Å²) < 4.78 is 62.0. The summed E-state index contributed by atoms with van der Waals surface area (Å²) in [6.07, 6.45) is -5.04. The summed E-state index contributed by atoms with van der Waals surface area (Å²) in [7, 11) is 0. The number of aliphatic hydroxyl groups is 4. The predicted octanol–water partition coefficient (Wildman–Crippen LogP) is 0.989. The molecule has 46 heavy (non-hydrogen) atoms. The van der Waals surface area contributed by atoms with Gasteiger partial charge >= 0.3 is 0 Å². The first-order chi connectivity index (χ1) is 22.0. The lowest BCUT2D eigenvalue weighted by Gasteiger charge is -2.44. The van der Waals surface area contributed by atoms with E-state index >= 15 is 0 Å². The zero-order chi connectivity index (χ0) is 32.7. The molecule has 6 rings (SSSR count). The fourth-order valence-corrected chi connectivity index (χ4v) is 5.96. The number of pyridine rings is 1. The lowest BCUT2D eigenvalue weighted by molar-refractivity contribution is -0.0529. The molecule has 4 unspecified atom stereocenters. The van der Waals surface area contributed by atoms with Gasteiger partial charge in [-0.3, -0.25) is 4.98 Å². The van der Waals surface area contributed by atoms with Crippen LogP contribution in [0.2, 0.25) is 0 Å². The average Bonchev–Trinajstić information content (AvgIpc) is 3.58. The van der Waals surface area contributed by atoms with Crippen LogP contribution in [0, 0.1) is 11.6 Å². The van der Waals surface area contributed by atoms with Gasteiger partial charge in [0.1, 0.15) is 30.7 Å². The van der Waals surface area contributed by atoms with Crippen molar-refractivity contribution in [2.75, 3.05) is 29.9 Å². The monoisotopic (exact) mass is 648 g/mol. The Bertz CT molecular complexity index is 1720. The normalized spacial score (nSPS) is 25.8. The van der Waals surface area contributed by atoms with E-state index < -0.39 is 60.8 Å². The van der Waals surface area contributed by atoms with Crippen molar-refractivity contribution in [2.24, 2.45) is 5.73 Å². The largest absolute Gasteiger partial charge is 0.394 e. The quantitative estimate of drug-likeness (QED) is 0.142. The first-order valence-corrected chi connectivity index (χ1v) is 14.5. The number of imidazole rings is 1. The number of nitrogens with zero attached hydrogens (tertiary/aromatic N) is 6. The van der Waals surface area contributed by atoms with E-state index in [0.29, 0.717) is 41.1 Å². The summed E-state index contributed by atoms with van der Waals surface area (Å²) in [5.74, 6) is -1.89. The minimum Gasteiger partial charge on any atom is -0.394 e. The summed E-state index contributed by atoms with van der Waals surface area (Å²) >= 11 is 0. The topological polar surface area (TPSA) is 188 Å². The van der Waals surface area contributed by atoms with Gasteiger partial charge in [-0.1, -0.05) is 0 Å². The number of alkyl halides is 2. The standard InChI is InChI=1S/C29H32F4N8O5/c30-16-3-2-14(6-17(16)31)18-7-15(19(8-35-18)40-5-1-4-29(34,11-40)24(45)25(32)33)9-41-13-38-21-26(36-12-37-27(21)41)39-28-23(44)22(43)20(10-42)46-28/h2-3,6-8,12-13,20,22-25,28,42-45H,1,4-5,9-11,34H2,(H,36,37,39)/t20?,22?,23?,24-,28?,29-/m1/s1. The molecule has 2 aliphatic rings. The molecule has 0 bridgehead atoms. The first-order valence-electron chi connectivity index (χ1n) is 14.5. The van der Waals surface area contributed by atoms with Crippen molar-refractivity contribution in [3.8, 4) is 11.3 Å². The molecule has 2 fully saturated rings. The van der Waals surface area contributed by atoms with Crippen LogP contribution in [-0.4, -0.2) is 107 Å². The highest BCUT2D eigenvalue weighted by Gasteiger charge is 2.44. The van der Waals surface area contributed by atoms with E-state index in [0.717, 1.165) is 12.1 Å². The zero-order valence-electron chi connectivity index (χ0n) is 24.2. The molecule has 1 aromatic carbocycles. The second-order valence-electron chi connectivity index (χ2n) is 11.5. The lowest BCUT2D eigenvalue weighted by Crippen LogP contribution is -2.63. The van der Waals surface area contributed by atoms with Crippen LogP contribution in [-0.2, 0) is 11.3 Å². The molecule has 0 saturated carbocycles. The molecule has 0 spiro atoms. The van der Waals surface area contributed by atoms with Crippen LogP contribution >= 0.6 is 0 Å². The van der Waals surface area contributed by atoms with Crippen LogP contribution in [0.25, 0.3) is 22.4 Å². The third-order valence-corrected chi connectivity index (χ3v) is 8.47. The third kappa shape index (κ3) is 5.96. The molecule has 5 heterocycles. The van der Waals surface area contributed by atoms with Crippen LogP contribution in [0.4, 0.5) is 29.1 Å².